The molecule has 1 fully saturated rings. The number of alkyl halides is 3. The lowest BCUT2D eigenvalue weighted by molar-refractivity contribution is -0.276. The molecular weight excluding hydrogens is 703 g/mol. The Morgan fingerprint density at radius 2 is 1.29 bits per heavy atom. The molecule has 2 N–H and O–H groups in total. The molecule has 4 unspecified atom stereocenters. The second kappa shape index (κ2) is 17.2. The van der Waals surface area contributed by atoms with E-state index in [9.17, 15) is 9.90 Å². The Labute approximate surface area is 314 Å². The molecule has 6 nitrogen and oxygen atoms in total. The van der Waals surface area contributed by atoms with E-state index in [1.807, 2.05) is 78.9 Å². The fraction of sp³-hybridized carbons (Fsp3) is 0.262. The van der Waals surface area contributed by atoms with Gasteiger partial charge in [0.15, 0.2) is 6.29 Å². The summed E-state index contributed by atoms with van der Waals surface area (Å²) in [6.45, 7) is 4.63. The smallest absolute Gasteiger partial charge is 0.272 e. The van der Waals surface area contributed by atoms with Gasteiger partial charge in [-0.05, 0) is 51.1 Å². The van der Waals surface area contributed by atoms with Crippen LogP contribution in [0.3, 0.4) is 0 Å². The number of aliphatic hydroxyl groups excluding tert-OH is 1. The fourth-order valence-corrected chi connectivity index (χ4v) is 6.66. The Kier molecular flexibility index (Phi) is 12.5. The summed E-state index contributed by atoms with van der Waals surface area (Å²) in [5.74, 6) is -0.653. The predicted octanol–water partition coefficient (Wildman–Crippen LogP) is 9.33. The normalized spacial score (nSPS) is 19.2. The van der Waals surface area contributed by atoms with Gasteiger partial charge in [0.2, 0.25) is 0 Å². The van der Waals surface area contributed by atoms with Gasteiger partial charge in [-0.3, -0.25) is 9.69 Å². The minimum atomic E-state index is -2.03. The number of ether oxygens (including phenoxy) is 2. The van der Waals surface area contributed by atoms with E-state index in [4.69, 9.17) is 44.3 Å². The topological polar surface area (TPSA) is 71.0 Å². The van der Waals surface area contributed by atoms with E-state index in [-0.39, 0.29) is 31.3 Å². The van der Waals surface area contributed by atoms with Crippen molar-refractivity contribution >= 4 is 40.7 Å². The van der Waals surface area contributed by atoms with Gasteiger partial charge < -0.3 is 19.9 Å². The number of benzene rings is 5. The molecule has 51 heavy (non-hydrogen) atoms. The van der Waals surface area contributed by atoms with Crippen molar-refractivity contribution in [2.24, 2.45) is 5.92 Å². The SMILES string of the molecule is CC1C(CN(Cc2ccccc2)Cc2ccccc2)OC(c2cccc(-c3cccc(CNC(=O)C(Cl)(Cl)Cl)c3)c2)OC1c1ccc(CO)cc1. The number of hydrogen-bond donors (Lipinski definition) is 2. The highest BCUT2D eigenvalue weighted by atomic mass is 35.6. The van der Waals surface area contributed by atoms with Crippen molar-refractivity contribution in [1.82, 2.24) is 10.2 Å². The summed E-state index contributed by atoms with van der Waals surface area (Å²) in [7, 11) is 0. The van der Waals surface area contributed by atoms with Crippen LogP contribution in [0.15, 0.2) is 133 Å². The molecule has 0 saturated carbocycles. The van der Waals surface area contributed by atoms with Gasteiger partial charge in [-0.1, -0.05) is 163 Å². The van der Waals surface area contributed by atoms with Crippen LogP contribution >= 0.6 is 34.8 Å². The van der Waals surface area contributed by atoms with Gasteiger partial charge in [0.1, 0.15) is 0 Å². The molecule has 5 aromatic rings. The number of nitrogens with one attached hydrogen (secondary N) is 1. The van der Waals surface area contributed by atoms with Crippen molar-refractivity contribution in [3.8, 4) is 11.1 Å². The van der Waals surface area contributed by atoms with Crippen LogP contribution in [-0.2, 0) is 40.5 Å². The first-order chi connectivity index (χ1) is 24.7. The van der Waals surface area contributed by atoms with E-state index in [0.717, 1.165) is 46.5 Å². The number of carbonyl (C=O) groups is 1. The van der Waals surface area contributed by atoms with Gasteiger partial charge in [-0.2, -0.15) is 0 Å². The molecule has 1 heterocycles. The number of rotatable bonds is 12. The highest BCUT2D eigenvalue weighted by molar-refractivity contribution is 6.76. The van der Waals surface area contributed by atoms with E-state index in [2.05, 4.69) is 71.7 Å². The molecule has 0 aliphatic carbocycles. The molecule has 1 aliphatic rings. The van der Waals surface area contributed by atoms with Crippen LogP contribution < -0.4 is 5.32 Å². The van der Waals surface area contributed by atoms with Gasteiger partial charge in [-0.25, -0.2) is 0 Å². The average Bonchev–Trinajstić information content (AvgIpc) is 3.15. The van der Waals surface area contributed by atoms with Gasteiger partial charge in [0.05, 0.1) is 18.8 Å². The molecule has 0 radical (unpaired) electrons. The van der Waals surface area contributed by atoms with E-state index >= 15 is 0 Å². The Hall–Kier alpha value is -3.72. The third-order valence-corrected chi connectivity index (χ3v) is 9.70. The monoisotopic (exact) mass is 742 g/mol. The molecule has 0 spiro atoms. The van der Waals surface area contributed by atoms with Crippen LogP contribution in [-0.4, -0.2) is 32.4 Å². The summed E-state index contributed by atoms with van der Waals surface area (Å²) in [5, 5.41) is 12.4. The van der Waals surface area contributed by atoms with E-state index in [0.29, 0.717) is 6.54 Å². The largest absolute Gasteiger partial charge is 0.392 e. The highest BCUT2D eigenvalue weighted by Gasteiger charge is 2.39. The van der Waals surface area contributed by atoms with Gasteiger partial charge >= 0.3 is 0 Å². The lowest BCUT2D eigenvalue weighted by Crippen LogP contribution is -2.44. The minimum Gasteiger partial charge on any atom is -0.392 e. The maximum absolute atomic E-state index is 12.1. The van der Waals surface area contributed by atoms with Gasteiger partial charge in [-0.15, -0.1) is 0 Å². The second-order valence-electron chi connectivity index (χ2n) is 13.0. The summed E-state index contributed by atoms with van der Waals surface area (Å²) >= 11 is 17.2. The number of aliphatic hydroxyl groups is 1. The molecule has 1 aliphatic heterocycles. The summed E-state index contributed by atoms with van der Waals surface area (Å²) < 4.78 is 11.7. The van der Waals surface area contributed by atoms with Gasteiger partial charge in [0, 0.05) is 37.7 Å². The molecule has 4 atom stereocenters. The Morgan fingerprint density at radius 1 is 0.706 bits per heavy atom. The molecule has 9 heteroatoms. The number of carbonyl (C=O) groups excluding carboxylic acids is 1. The molecular formula is C42H41Cl3N2O4. The standard InChI is InChI=1S/C42H41Cl3N2O4/c1-29-38(27-47(25-30-10-4-2-5-11-30)26-31-12-6-3-7-13-31)50-40(51-39(29)34-20-18-32(28-48)19-21-34)37-17-9-16-36(23-37)35-15-8-14-33(22-35)24-46-41(49)42(43,44)45/h2-23,29,38-40,48H,24-28H2,1H3,(H,46,49). The summed E-state index contributed by atoms with van der Waals surface area (Å²) in [5.41, 5.74) is 8.07. The first-order valence-corrected chi connectivity index (χ1v) is 18.1. The van der Waals surface area contributed by atoms with E-state index in [1.165, 1.54) is 11.1 Å². The zero-order valence-corrected chi connectivity index (χ0v) is 30.6. The van der Waals surface area contributed by atoms with Crippen molar-refractivity contribution in [2.75, 3.05) is 6.54 Å². The summed E-state index contributed by atoms with van der Waals surface area (Å²) in [6.07, 6.45) is -1.03. The Bertz CT molecular complexity index is 1830. The quantitative estimate of drug-likeness (QED) is 0.125. The van der Waals surface area contributed by atoms with Crippen LogP contribution in [0.4, 0.5) is 0 Å². The summed E-state index contributed by atoms with van der Waals surface area (Å²) in [6, 6.07) is 45.1. The van der Waals surface area contributed by atoms with Crippen molar-refractivity contribution in [3.05, 3.63) is 167 Å². The molecule has 1 saturated heterocycles. The first kappa shape index (κ1) is 37.1. The van der Waals surface area contributed by atoms with Crippen molar-refractivity contribution < 1.29 is 19.4 Å². The van der Waals surface area contributed by atoms with E-state index < -0.39 is 16.0 Å². The van der Waals surface area contributed by atoms with Crippen LogP contribution in [0.5, 0.6) is 0 Å². The fourth-order valence-electron chi connectivity index (χ4n) is 6.46. The minimum absolute atomic E-state index is 0.0169. The van der Waals surface area contributed by atoms with Gasteiger partial charge in [0.25, 0.3) is 9.70 Å². The number of amides is 1. The third-order valence-electron chi connectivity index (χ3n) is 9.19. The molecule has 5 aromatic carbocycles. The van der Waals surface area contributed by atoms with Crippen LogP contribution in [0.1, 0.15) is 52.7 Å². The lowest BCUT2D eigenvalue weighted by atomic mass is 9.89. The maximum atomic E-state index is 12.1. The third kappa shape index (κ3) is 10.00. The van der Waals surface area contributed by atoms with Crippen molar-refractivity contribution in [1.29, 1.82) is 0 Å². The number of nitrogens with zero attached hydrogens (tertiary/aromatic N) is 1. The summed E-state index contributed by atoms with van der Waals surface area (Å²) in [4.78, 5) is 14.6. The van der Waals surface area contributed by atoms with Crippen LogP contribution in [0, 0.1) is 5.92 Å². The predicted molar refractivity (Wildman–Crippen MR) is 204 cm³/mol. The zero-order valence-electron chi connectivity index (χ0n) is 28.3. The Morgan fingerprint density at radius 3 is 1.90 bits per heavy atom. The molecule has 1 amide bonds. The Balaban J connectivity index is 1.28. The van der Waals surface area contributed by atoms with E-state index in [1.54, 1.807) is 0 Å². The van der Waals surface area contributed by atoms with Crippen molar-refractivity contribution in [3.63, 3.8) is 0 Å². The molecule has 264 valence electrons. The maximum Gasteiger partial charge on any atom is 0.272 e. The first-order valence-electron chi connectivity index (χ1n) is 17.0. The number of hydrogen-bond acceptors (Lipinski definition) is 5. The molecule has 0 bridgehead atoms. The average molecular weight is 744 g/mol. The molecule has 0 aromatic heterocycles. The number of halogens is 3. The van der Waals surface area contributed by atoms with Crippen LogP contribution in [0.25, 0.3) is 11.1 Å². The zero-order chi connectivity index (χ0) is 35.8. The lowest BCUT2D eigenvalue weighted by Gasteiger charge is -2.43. The second-order valence-corrected chi connectivity index (χ2v) is 15.3. The van der Waals surface area contributed by atoms with Crippen LogP contribution in [0.2, 0.25) is 0 Å². The molecule has 6 rings (SSSR count). The van der Waals surface area contributed by atoms with Crippen molar-refractivity contribution in [2.45, 2.75) is 55.5 Å². The highest BCUT2D eigenvalue weighted by Crippen LogP contribution is 2.42.